The van der Waals surface area contributed by atoms with E-state index in [-0.39, 0.29) is 60.8 Å². The Labute approximate surface area is 452 Å². The van der Waals surface area contributed by atoms with Crippen molar-refractivity contribution >= 4 is 35.2 Å². The summed E-state index contributed by atoms with van der Waals surface area (Å²) < 4.78 is 41.3. The van der Waals surface area contributed by atoms with Crippen LogP contribution in [-0.4, -0.2) is 170 Å². The van der Waals surface area contributed by atoms with Gasteiger partial charge < -0.3 is 48.3 Å². The standard InChI is InChI=1S/C59H92N2O15/c1-37-17-12-11-13-18-38(2)49(70-8)35-45-23-21-43(7)59(69,76-45)56(66)57(67)61-26-15-14-19-46(61)58(68)75-50(36-47(62)39(3)32-42(6)54(65)55(72-10)53(64)41(5)31-37)40(4)33-44-22-24-48(51(34-44)71-9)74-52(63)20-16-25-60-27-29-73-30-28-60/h11-13,17-18,32,37,39-41,43-46,48-51,54-55,65,69H,14-16,19-31,33-36H2,1-10H3/b13-11+,17-12+,38-18+,42-32+/t37-,39-,40-,41-,43-,44+,45+,46+,48-,49+,50+,51-,54-,55+,59-/m1/s1. The van der Waals surface area contributed by atoms with E-state index in [0.29, 0.717) is 95.8 Å². The molecule has 1 aliphatic carbocycles. The van der Waals surface area contributed by atoms with Crippen molar-refractivity contribution in [2.45, 2.75) is 193 Å². The minimum absolute atomic E-state index is 0.00636. The van der Waals surface area contributed by atoms with Crippen LogP contribution in [0.15, 0.2) is 47.6 Å². The van der Waals surface area contributed by atoms with Crippen LogP contribution in [0.4, 0.5) is 0 Å². The number of ether oxygens (including phenoxy) is 7. The third kappa shape index (κ3) is 17.5. The summed E-state index contributed by atoms with van der Waals surface area (Å²) in [6.45, 7) is 16.6. The molecule has 5 rings (SSSR count). The van der Waals surface area contributed by atoms with Crippen LogP contribution in [0.5, 0.6) is 0 Å². The SMILES string of the molecule is CO[C@H]1C[C@@H]2CC[C@@H](C)[C@@](O)(O2)C(=O)C(=O)N2CCCC[C@H]2C(=O)O[C@H]([C@H](C)C[C@@H]2CC[C@@H](OC(=O)CCCN3CCOCC3)[C@H](OC)C2)CC(=O)[C@H](C)/C=C(\C)[C@@H](O)[C@@H](OC)C(=O)[C@H](C)C[C@H](C)/C=C/C=C/C=C/1C. The molecular formula is C59H92N2O15. The van der Waals surface area contributed by atoms with E-state index >= 15 is 0 Å². The highest BCUT2D eigenvalue weighted by Gasteiger charge is 2.53. The van der Waals surface area contributed by atoms with Gasteiger partial charge in [-0.1, -0.05) is 71.1 Å². The minimum atomic E-state index is -2.45. The molecule has 4 fully saturated rings. The highest BCUT2D eigenvalue weighted by atomic mass is 16.6. The number of fused-ring (bicyclic) bond motifs is 3. The number of ketones is 3. The van der Waals surface area contributed by atoms with Gasteiger partial charge in [0.2, 0.25) is 5.79 Å². The Kier molecular flexibility index (Phi) is 25.2. The van der Waals surface area contributed by atoms with Crippen LogP contribution in [0, 0.1) is 35.5 Å². The Hall–Kier alpha value is -3.94. The first-order chi connectivity index (χ1) is 36.2. The largest absolute Gasteiger partial charge is 0.460 e. The molecule has 0 radical (unpaired) electrons. The Balaban J connectivity index is 1.40. The number of carbonyl (C=O) groups is 6. The predicted octanol–water partition coefficient (Wildman–Crippen LogP) is 6.84. The Morgan fingerprint density at radius 1 is 0.842 bits per heavy atom. The number of rotatable bonds is 11. The van der Waals surface area contributed by atoms with Crippen molar-refractivity contribution in [3.63, 3.8) is 0 Å². The summed E-state index contributed by atoms with van der Waals surface area (Å²) in [4.78, 5) is 88.0. The fourth-order valence-corrected chi connectivity index (χ4v) is 11.7. The number of hydrogen-bond acceptors (Lipinski definition) is 16. The molecule has 4 aliphatic heterocycles. The third-order valence-corrected chi connectivity index (χ3v) is 16.7. The molecule has 2 N–H and O–H groups in total. The molecule has 17 heteroatoms. The van der Waals surface area contributed by atoms with Gasteiger partial charge in [-0.15, -0.1) is 0 Å². The highest BCUT2D eigenvalue weighted by Crippen LogP contribution is 2.38. The number of amides is 1. The lowest BCUT2D eigenvalue weighted by Crippen LogP contribution is -2.61. The van der Waals surface area contributed by atoms with E-state index in [1.165, 1.54) is 12.0 Å². The molecular weight excluding hydrogens is 977 g/mol. The van der Waals surface area contributed by atoms with Crippen LogP contribution in [0.1, 0.15) is 138 Å². The van der Waals surface area contributed by atoms with Gasteiger partial charge in [-0.3, -0.25) is 28.9 Å². The lowest BCUT2D eigenvalue weighted by molar-refractivity contribution is -0.265. The van der Waals surface area contributed by atoms with Crippen molar-refractivity contribution in [1.29, 1.82) is 0 Å². The average molecular weight is 1070 g/mol. The number of hydrogen-bond donors (Lipinski definition) is 2. The molecule has 0 spiro atoms. The molecule has 1 saturated carbocycles. The number of allylic oxidation sites excluding steroid dienone is 6. The molecule has 4 heterocycles. The van der Waals surface area contributed by atoms with Crippen molar-refractivity contribution in [3.05, 3.63) is 47.6 Å². The maximum Gasteiger partial charge on any atom is 0.329 e. The van der Waals surface area contributed by atoms with Gasteiger partial charge in [-0.05, 0) is 120 Å². The zero-order chi connectivity index (χ0) is 55.7. The predicted molar refractivity (Wildman–Crippen MR) is 286 cm³/mol. The fraction of sp³-hybridized carbons (Fsp3) is 0.763. The number of piperidine rings is 1. The summed E-state index contributed by atoms with van der Waals surface area (Å²) >= 11 is 0. The monoisotopic (exact) mass is 1070 g/mol. The number of carbonyl (C=O) groups excluding carboxylic acids is 6. The van der Waals surface area contributed by atoms with E-state index in [1.807, 2.05) is 58.1 Å². The van der Waals surface area contributed by atoms with E-state index in [1.54, 1.807) is 41.1 Å². The number of aliphatic hydroxyl groups excluding tert-OH is 1. The molecule has 1 amide bonds. The van der Waals surface area contributed by atoms with Crippen molar-refractivity contribution in [2.75, 3.05) is 60.7 Å². The van der Waals surface area contributed by atoms with Crippen LogP contribution in [0.3, 0.4) is 0 Å². The molecule has 428 valence electrons. The molecule has 0 aromatic rings. The van der Waals surface area contributed by atoms with Gasteiger partial charge in [0.15, 0.2) is 5.78 Å². The zero-order valence-corrected chi connectivity index (χ0v) is 47.3. The second kappa shape index (κ2) is 30.4. The van der Waals surface area contributed by atoms with Gasteiger partial charge in [0.25, 0.3) is 11.7 Å². The summed E-state index contributed by atoms with van der Waals surface area (Å²) in [5.41, 5.74) is 1.25. The van der Waals surface area contributed by atoms with Crippen LogP contribution in [-0.2, 0) is 61.9 Å². The molecule has 3 saturated heterocycles. The molecule has 17 nitrogen and oxygen atoms in total. The van der Waals surface area contributed by atoms with Gasteiger partial charge in [-0.25, -0.2) is 4.79 Å². The molecule has 76 heavy (non-hydrogen) atoms. The topological polar surface area (TPSA) is 214 Å². The zero-order valence-electron chi connectivity index (χ0n) is 47.3. The number of esters is 2. The first-order valence-electron chi connectivity index (χ1n) is 28.2. The summed E-state index contributed by atoms with van der Waals surface area (Å²) in [5.74, 6) is -8.47. The molecule has 15 atom stereocenters. The molecule has 0 aromatic carbocycles. The van der Waals surface area contributed by atoms with Crippen LogP contribution < -0.4 is 0 Å². The number of aliphatic hydroxyl groups is 2. The number of cyclic esters (lactones) is 1. The van der Waals surface area contributed by atoms with E-state index in [0.717, 1.165) is 25.2 Å². The van der Waals surface area contributed by atoms with Crippen LogP contribution in [0.25, 0.3) is 0 Å². The lowest BCUT2D eigenvalue weighted by Gasteiger charge is -2.42. The second-order valence-corrected chi connectivity index (χ2v) is 22.6. The Morgan fingerprint density at radius 3 is 2.28 bits per heavy atom. The molecule has 0 aromatic heterocycles. The van der Waals surface area contributed by atoms with Gasteiger partial charge in [-0.2, -0.15) is 0 Å². The van der Waals surface area contributed by atoms with Crippen LogP contribution >= 0.6 is 0 Å². The molecule has 5 aliphatic rings. The lowest BCUT2D eigenvalue weighted by atomic mass is 9.78. The van der Waals surface area contributed by atoms with Gasteiger partial charge in [0.05, 0.1) is 31.5 Å². The third-order valence-electron chi connectivity index (χ3n) is 16.7. The highest BCUT2D eigenvalue weighted by molar-refractivity contribution is 6.39. The minimum Gasteiger partial charge on any atom is -0.460 e. The smallest absolute Gasteiger partial charge is 0.329 e. The number of nitrogens with zero attached hydrogens (tertiary/aromatic N) is 2. The van der Waals surface area contributed by atoms with Crippen molar-refractivity contribution < 1.29 is 72.1 Å². The van der Waals surface area contributed by atoms with E-state index in [4.69, 9.17) is 33.2 Å². The van der Waals surface area contributed by atoms with Crippen molar-refractivity contribution in [2.24, 2.45) is 35.5 Å². The quantitative estimate of drug-likeness (QED) is 0.123. The van der Waals surface area contributed by atoms with Crippen LogP contribution in [0.2, 0.25) is 0 Å². The summed E-state index contributed by atoms with van der Waals surface area (Å²) in [6.07, 6.45) is 12.0. The van der Waals surface area contributed by atoms with E-state index in [9.17, 15) is 39.0 Å². The van der Waals surface area contributed by atoms with E-state index in [2.05, 4.69) is 4.90 Å². The first kappa shape index (κ1) is 62.9. The first-order valence-corrected chi connectivity index (χ1v) is 28.2. The van der Waals surface area contributed by atoms with Crippen molar-refractivity contribution in [1.82, 2.24) is 9.80 Å². The number of Topliss-reactive ketones (excluding diaryl/α,β-unsaturated/α-hetero) is 3. The average Bonchev–Trinajstić information content (AvgIpc) is 3.40. The van der Waals surface area contributed by atoms with E-state index < -0.39 is 83.9 Å². The van der Waals surface area contributed by atoms with Gasteiger partial charge in [0.1, 0.15) is 36.2 Å². The summed E-state index contributed by atoms with van der Waals surface area (Å²) in [6, 6.07) is -1.17. The van der Waals surface area contributed by atoms with Gasteiger partial charge in [0, 0.05) is 78.0 Å². The maximum absolute atomic E-state index is 14.6. The maximum atomic E-state index is 14.6. The molecule has 2 bridgehead atoms. The van der Waals surface area contributed by atoms with Gasteiger partial charge >= 0.3 is 11.9 Å². The summed E-state index contributed by atoms with van der Waals surface area (Å²) in [5, 5.41) is 23.6. The number of morpholine rings is 1. The molecule has 0 unspecified atom stereocenters. The Bertz CT molecular complexity index is 2060. The van der Waals surface area contributed by atoms with Crippen molar-refractivity contribution in [3.8, 4) is 0 Å². The second-order valence-electron chi connectivity index (χ2n) is 22.6. The fourth-order valence-electron chi connectivity index (χ4n) is 11.7. The normalized spacial score (nSPS) is 37.7. The summed E-state index contributed by atoms with van der Waals surface area (Å²) in [7, 11) is 4.56. The Morgan fingerprint density at radius 2 is 1.58 bits per heavy atom. The number of methoxy groups -OCH3 is 3.